The second kappa shape index (κ2) is 5.85. The van der Waals surface area contributed by atoms with Crippen LogP contribution >= 0.6 is 0 Å². The molecule has 1 N–H and O–H groups in total. The van der Waals surface area contributed by atoms with Crippen molar-refractivity contribution in [3.05, 3.63) is 0 Å². The molecule has 0 aromatic carbocycles. The molecule has 0 unspecified atom stereocenters. The molecule has 1 saturated heterocycles. The highest BCUT2D eigenvalue weighted by atomic mass is 16.5. The highest BCUT2D eigenvalue weighted by Gasteiger charge is 2.47. The molecule has 0 aromatic rings. The van der Waals surface area contributed by atoms with Gasteiger partial charge in [-0.25, -0.2) is 0 Å². The van der Waals surface area contributed by atoms with E-state index in [0.29, 0.717) is 12.6 Å². The second-order valence-electron chi connectivity index (χ2n) is 5.44. The summed E-state index contributed by atoms with van der Waals surface area (Å²) < 4.78 is 5.36. The predicted molar refractivity (Wildman–Crippen MR) is 67.8 cm³/mol. The lowest BCUT2D eigenvalue weighted by Gasteiger charge is -2.43. The third-order valence-corrected chi connectivity index (χ3v) is 4.41. The number of nitrogens with one attached hydrogen (secondary N) is 1. The molecule has 0 bridgehead atoms. The van der Waals surface area contributed by atoms with Gasteiger partial charge >= 0.3 is 5.97 Å². The molecule has 2 fully saturated rings. The summed E-state index contributed by atoms with van der Waals surface area (Å²) in [4.78, 5) is 12.4. The van der Waals surface area contributed by atoms with E-state index in [1.54, 1.807) is 0 Å². The van der Waals surface area contributed by atoms with E-state index in [2.05, 4.69) is 5.32 Å². The number of hydrogen-bond acceptors (Lipinski definition) is 3. The molecule has 3 heteroatoms. The molecule has 0 amide bonds. The molecule has 1 atom stereocenters. The molecule has 0 aromatic heterocycles. The van der Waals surface area contributed by atoms with E-state index in [9.17, 15) is 4.79 Å². The summed E-state index contributed by atoms with van der Waals surface area (Å²) in [5.41, 5.74) is -0.214. The Bertz CT molecular complexity index is 253. The van der Waals surface area contributed by atoms with Crippen LogP contribution in [0.1, 0.15) is 58.3 Å². The molecule has 1 saturated carbocycles. The van der Waals surface area contributed by atoms with E-state index in [1.807, 2.05) is 6.92 Å². The number of carbonyl (C=O) groups is 1. The van der Waals surface area contributed by atoms with Crippen molar-refractivity contribution in [1.82, 2.24) is 5.32 Å². The molecule has 1 heterocycles. The normalized spacial score (nSPS) is 28.6. The van der Waals surface area contributed by atoms with Gasteiger partial charge in [0.2, 0.25) is 0 Å². The van der Waals surface area contributed by atoms with Gasteiger partial charge in [0, 0.05) is 6.04 Å². The quantitative estimate of drug-likeness (QED) is 0.769. The summed E-state index contributed by atoms with van der Waals surface area (Å²) in [5.74, 6) is 0.0547. The molecule has 0 radical (unpaired) electrons. The van der Waals surface area contributed by atoms with Crippen LogP contribution in [-0.4, -0.2) is 25.2 Å². The standard InChI is InChI=1S/C14H25NO2/c1-2-17-13(16)14(9-5-3-6-10-14)12-8-4-7-11-15-12/h12,15H,2-11H2,1H3/t12-/m0/s1. The van der Waals surface area contributed by atoms with Crippen LogP contribution in [0.4, 0.5) is 0 Å². The lowest BCUT2D eigenvalue weighted by molar-refractivity contribution is -0.160. The van der Waals surface area contributed by atoms with Gasteiger partial charge in [-0.05, 0) is 39.2 Å². The Morgan fingerprint density at radius 2 is 2.00 bits per heavy atom. The zero-order valence-electron chi connectivity index (χ0n) is 11.0. The number of ether oxygens (including phenoxy) is 1. The fourth-order valence-corrected chi connectivity index (χ4v) is 3.48. The van der Waals surface area contributed by atoms with Gasteiger partial charge in [0.25, 0.3) is 0 Å². The molecule has 0 spiro atoms. The molecule has 1 aliphatic carbocycles. The van der Waals surface area contributed by atoms with Crippen molar-refractivity contribution >= 4 is 5.97 Å². The Kier molecular flexibility index (Phi) is 4.43. The zero-order valence-corrected chi connectivity index (χ0v) is 11.0. The maximum atomic E-state index is 12.4. The van der Waals surface area contributed by atoms with Crippen LogP contribution in [0.15, 0.2) is 0 Å². The van der Waals surface area contributed by atoms with Crippen LogP contribution in [-0.2, 0) is 9.53 Å². The van der Waals surface area contributed by atoms with Gasteiger partial charge in [-0.2, -0.15) is 0 Å². The Morgan fingerprint density at radius 1 is 1.24 bits per heavy atom. The number of piperidine rings is 1. The van der Waals surface area contributed by atoms with Crippen LogP contribution in [0.2, 0.25) is 0 Å². The first-order chi connectivity index (χ1) is 8.29. The molecule has 2 rings (SSSR count). The molecule has 17 heavy (non-hydrogen) atoms. The lowest BCUT2D eigenvalue weighted by Crippen LogP contribution is -2.53. The molecular formula is C14H25NO2. The van der Waals surface area contributed by atoms with Gasteiger partial charge in [0.1, 0.15) is 0 Å². The average molecular weight is 239 g/mol. The van der Waals surface area contributed by atoms with Crippen molar-refractivity contribution in [2.75, 3.05) is 13.2 Å². The first-order valence-corrected chi connectivity index (χ1v) is 7.20. The monoisotopic (exact) mass is 239 g/mol. The molecule has 1 aliphatic heterocycles. The van der Waals surface area contributed by atoms with Crippen molar-refractivity contribution in [3.8, 4) is 0 Å². The van der Waals surface area contributed by atoms with Crippen LogP contribution in [0.25, 0.3) is 0 Å². The van der Waals surface area contributed by atoms with Crippen LogP contribution < -0.4 is 5.32 Å². The second-order valence-corrected chi connectivity index (χ2v) is 5.44. The van der Waals surface area contributed by atoms with Crippen LogP contribution in [0.5, 0.6) is 0 Å². The Balaban J connectivity index is 2.12. The number of esters is 1. The third kappa shape index (κ3) is 2.65. The number of carbonyl (C=O) groups excluding carboxylic acids is 1. The van der Waals surface area contributed by atoms with Gasteiger partial charge in [0.05, 0.1) is 12.0 Å². The predicted octanol–water partition coefficient (Wildman–Crippen LogP) is 2.64. The first kappa shape index (κ1) is 12.9. The van der Waals surface area contributed by atoms with E-state index in [1.165, 1.54) is 32.1 Å². The largest absolute Gasteiger partial charge is 0.466 e. The van der Waals surface area contributed by atoms with Gasteiger partial charge < -0.3 is 10.1 Å². The van der Waals surface area contributed by atoms with Gasteiger partial charge in [0.15, 0.2) is 0 Å². The average Bonchev–Trinajstić information content (AvgIpc) is 2.41. The third-order valence-electron chi connectivity index (χ3n) is 4.41. The molecule has 2 aliphatic rings. The fraction of sp³-hybridized carbons (Fsp3) is 0.929. The fourth-order valence-electron chi connectivity index (χ4n) is 3.48. The van der Waals surface area contributed by atoms with E-state index >= 15 is 0 Å². The van der Waals surface area contributed by atoms with E-state index in [0.717, 1.165) is 25.8 Å². The topological polar surface area (TPSA) is 38.3 Å². The highest BCUT2D eigenvalue weighted by Crippen LogP contribution is 2.42. The summed E-state index contributed by atoms with van der Waals surface area (Å²) in [6.07, 6.45) is 9.29. The summed E-state index contributed by atoms with van der Waals surface area (Å²) in [6, 6.07) is 0.357. The van der Waals surface area contributed by atoms with Crippen molar-refractivity contribution in [2.24, 2.45) is 5.41 Å². The van der Waals surface area contributed by atoms with Gasteiger partial charge in [-0.3, -0.25) is 4.79 Å². The van der Waals surface area contributed by atoms with E-state index in [4.69, 9.17) is 4.74 Å². The zero-order chi connectivity index (χ0) is 12.1. The van der Waals surface area contributed by atoms with Crippen LogP contribution in [0.3, 0.4) is 0 Å². The van der Waals surface area contributed by atoms with E-state index in [-0.39, 0.29) is 11.4 Å². The molecular weight excluding hydrogens is 214 g/mol. The van der Waals surface area contributed by atoms with Gasteiger partial charge in [-0.15, -0.1) is 0 Å². The Morgan fingerprint density at radius 3 is 2.59 bits per heavy atom. The summed E-state index contributed by atoms with van der Waals surface area (Å²) in [6.45, 7) is 3.47. The molecule has 3 nitrogen and oxygen atoms in total. The van der Waals surface area contributed by atoms with Gasteiger partial charge in [-0.1, -0.05) is 25.7 Å². The van der Waals surface area contributed by atoms with Crippen molar-refractivity contribution in [3.63, 3.8) is 0 Å². The Hall–Kier alpha value is -0.570. The van der Waals surface area contributed by atoms with Crippen molar-refractivity contribution < 1.29 is 9.53 Å². The summed E-state index contributed by atoms with van der Waals surface area (Å²) in [7, 11) is 0. The summed E-state index contributed by atoms with van der Waals surface area (Å²) >= 11 is 0. The lowest BCUT2D eigenvalue weighted by atomic mass is 9.67. The SMILES string of the molecule is CCOC(=O)C1([C@@H]2CCCCN2)CCCCC1. The van der Waals surface area contributed by atoms with Crippen molar-refractivity contribution in [1.29, 1.82) is 0 Å². The van der Waals surface area contributed by atoms with Crippen LogP contribution in [0, 0.1) is 5.41 Å². The van der Waals surface area contributed by atoms with E-state index < -0.39 is 0 Å². The number of rotatable bonds is 3. The number of hydrogen-bond donors (Lipinski definition) is 1. The summed E-state index contributed by atoms with van der Waals surface area (Å²) in [5, 5.41) is 3.57. The highest BCUT2D eigenvalue weighted by molar-refractivity contribution is 5.78. The molecule has 98 valence electrons. The first-order valence-electron chi connectivity index (χ1n) is 7.20. The smallest absolute Gasteiger partial charge is 0.313 e. The Labute approximate surface area is 104 Å². The minimum absolute atomic E-state index is 0.0547. The van der Waals surface area contributed by atoms with Crippen molar-refractivity contribution in [2.45, 2.75) is 64.3 Å². The minimum Gasteiger partial charge on any atom is -0.466 e. The minimum atomic E-state index is -0.214. The maximum Gasteiger partial charge on any atom is 0.313 e. The maximum absolute atomic E-state index is 12.4.